The highest BCUT2D eigenvalue weighted by Crippen LogP contribution is 2.29. The minimum atomic E-state index is 0.241. The molecule has 0 saturated heterocycles. The summed E-state index contributed by atoms with van der Waals surface area (Å²) in [5.74, 6) is 0.270. The quantitative estimate of drug-likeness (QED) is 0.734. The van der Waals surface area contributed by atoms with Gasteiger partial charge in [0.2, 0.25) is 0 Å². The first-order valence-corrected chi connectivity index (χ1v) is 6.50. The maximum atomic E-state index is 11.0. The molecule has 0 bridgehead atoms. The summed E-state index contributed by atoms with van der Waals surface area (Å²) >= 11 is 1.44. The molecule has 1 unspecified atom stereocenters. The van der Waals surface area contributed by atoms with Crippen molar-refractivity contribution in [2.45, 2.75) is 32.7 Å². The zero-order chi connectivity index (χ0) is 13.0. The van der Waals surface area contributed by atoms with E-state index in [4.69, 9.17) is 4.74 Å². The van der Waals surface area contributed by atoms with Crippen LogP contribution in [0.4, 0.5) is 5.13 Å². The van der Waals surface area contributed by atoms with Crippen molar-refractivity contribution in [2.24, 2.45) is 0 Å². The first-order chi connectivity index (χ1) is 8.01. The fourth-order valence-corrected chi connectivity index (χ4v) is 2.62. The number of anilines is 1. The number of methoxy groups -OCH3 is 1. The Morgan fingerprint density at radius 2 is 2.12 bits per heavy atom. The van der Waals surface area contributed by atoms with E-state index in [1.165, 1.54) is 11.3 Å². The standard InChI is InChI=1S/C12H20N2O2S/c1-8(2)11-10(6-15)17-12(13-11)14(4)9(3)7-16-5/h6,8-9H,7H2,1-5H3. The number of carbonyl (C=O) groups excluding carboxylic acids is 1. The van der Waals surface area contributed by atoms with Crippen molar-refractivity contribution >= 4 is 22.8 Å². The van der Waals surface area contributed by atoms with Crippen molar-refractivity contribution in [1.29, 1.82) is 0 Å². The number of hydrogen-bond acceptors (Lipinski definition) is 5. The Morgan fingerprint density at radius 1 is 1.47 bits per heavy atom. The molecule has 1 aromatic heterocycles. The van der Waals surface area contributed by atoms with E-state index in [0.717, 1.165) is 22.0 Å². The molecular weight excluding hydrogens is 236 g/mol. The number of aldehydes is 1. The topological polar surface area (TPSA) is 42.4 Å². The van der Waals surface area contributed by atoms with Crippen LogP contribution < -0.4 is 4.90 Å². The monoisotopic (exact) mass is 256 g/mol. The molecule has 5 heteroatoms. The lowest BCUT2D eigenvalue weighted by Crippen LogP contribution is -2.32. The minimum absolute atomic E-state index is 0.241. The van der Waals surface area contributed by atoms with Gasteiger partial charge in [-0.2, -0.15) is 0 Å². The summed E-state index contributed by atoms with van der Waals surface area (Å²) in [6, 6.07) is 0.241. The Hall–Kier alpha value is -0.940. The lowest BCUT2D eigenvalue weighted by Gasteiger charge is -2.23. The Balaban J connectivity index is 2.95. The van der Waals surface area contributed by atoms with Gasteiger partial charge < -0.3 is 9.64 Å². The summed E-state index contributed by atoms with van der Waals surface area (Å²) in [4.78, 5) is 18.3. The average molecular weight is 256 g/mol. The molecule has 96 valence electrons. The number of hydrogen-bond donors (Lipinski definition) is 0. The van der Waals surface area contributed by atoms with E-state index in [1.807, 2.05) is 25.8 Å². The largest absolute Gasteiger partial charge is 0.383 e. The summed E-state index contributed by atoms with van der Waals surface area (Å²) in [7, 11) is 3.66. The van der Waals surface area contributed by atoms with Gasteiger partial charge in [0.05, 0.1) is 23.2 Å². The van der Waals surface area contributed by atoms with E-state index in [2.05, 4.69) is 11.9 Å². The van der Waals surface area contributed by atoms with Crippen LogP contribution in [0.15, 0.2) is 0 Å². The van der Waals surface area contributed by atoms with Gasteiger partial charge in [0.1, 0.15) is 0 Å². The van der Waals surface area contributed by atoms with Crippen LogP contribution in [0.2, 0.25) is 0 Å². The van der Waals surface area contributed by atoms with Crippen LogP contribution in [0.3, 0.4) is 0 Å². The molecule has 1 rings (SSSR count). The normalized spacial score (nSPS) is 12.8. The van der Waals surface area contributed by atoms with Crippen molar-refractivity contribution < 1.29 is 9.53 Å². The number of carbonyl (C=O) groups is 1. The second-order valence-corrected chi connectivity index (χ2v) is 5.44. The van der Waals surface area contributed by atoms with Crippen LogP contribution in [0.1, 0.15) is 42.1 Å². The van der Waals surface area contributed by atoms with Gasteiger partial charge in [0.15, 0.2) is 11.4 Å². The van der Waals surface area contributed by atoms with Crippen molar-refractivity contribution in [1.82, 2.24) is 4.98 Å². The van der Waals surface area contributed by atoms with E-state index in [9.17, 15) is 4.79 Å². The third kappa shape index (κ3) is 3.26. The van der Waals surface area contributed by atoms with Gasteiger partial charge in [0.25, 0.3) is 0 Å². The van der Waals surface area contributed by atoms with E-state index in [-0.39, 0.29) is 12.0 Å². The minimum Gasteiger partial charge on any atom is -0.383 e. The van der Waals surface area contributed by atoms with Crippen LogP contribution in [0.25, 0.3) is 0 Å². The van der Waals surface area contributed by atoms with Crippen molar-refractivity contribution in [2.75, 3.05) is 25.7 Å². The molecule has 0 spiro atoms. The average Bonchev–Trinajstić information content (AvgIpc) is 2.72. The Labute approximate surface area is 107 Å². The number of nitrogens with zero attached hydrogens (tertiary/aromatic N) is 2. The Morgan fingerprint density at radius 3 is 2.53 bits per heavy atom. The lowest BCUT2D eigenvalue weighted by atomic mass is 10.1. The number of ether oxygens (including phenoxy) is 1. The van der Waals surface area contributed by atoms with Gasteiger partial charge in [-0.1, -0.05) is 25.2 Å². The molecule has 0 aliphatic heterocycles. The summed E-state index contributed by atoms with van der Waals surface area (Å²) in [5.41, 5.74) is 0.886. The molecule has 0 amide bonds. The molecule has 1 atom stereocenters. The molecule has 0 radical (unpaired) electrons. The highest BCUT2D eigenvalue weighted by Gasteiger charge is 2.18. The zero-order valence-electron chi connectivity index (χ0n) is 11.1. The molecular formula is C12H20N2O2S. The predicted molar refractivity (Wildman–Crippen MR) is 71.3 cm³/mol. The molecule has 0 aromatic carbocycles. The highest BCUT2D eigenvalue weighted by atomic mass is 32.1. The maximum absolute atomic E-state index is 11.0. The van der Waals surface area contributed by atoms with Gasteiger partial charge in [0, 0.05) is 14.2 Å². The van der Waals surface area contributed by atoms with E-state index < -0.39 is 0 Å². The number of rotatable bonds is 6. The number of likely N-dealkylation sites (N-methyl/N-ethyl adjacent to an activating group) is 1. The first kappa shape index (κ1) is 14.1. The van der Waals surface area contributed by atoms with Crippen LogP contribution in [0, 0.1) is 0 Å². The third-order valence-electron chi connectivity index (χ3n) is 2.69. The van der Waals surface area contributed by atoms with Crippen LogP contribution in [-0.2, 0) is 4.74 Å². The van der Waals surface area contributed by atoms with Gasteiger partial charge in [-0.05, 0) is 12.8 Å². The molecule has 1 heterocycles. The molecule has 0 fully saturated rings. The van der Waals surface area contributed by atoms with Gasteiger partial charge in [-0.15, -0.1) is 0 Å². The van der Waals surface area contributed by atoms with Crippen molar-refractivity contribution in [3.05, 3.63) is 10.6 Å². The first-order valence-electron chi connectivity index (χ1n) is 5.68. The van der Waals surface area contributed by atoms with Gasteiger partial charge in [-0.3, -0.25) is 4.79 Å². The molecule has 0 aliphatic rings. The SMILES string of the molecule is COCC(C)N(C)c1nc(C(C)C)c(C=O)s1. The third-order valence-corrected chi connectivity index (χ3v) is 3.78. The number of thiazole rings is 1. The lowest BCUT2D eigenvalue weighted by molar-refractivity contribution is 0.112. The van der Waals surface area contributed by atoms with Crippen LogP contribution in [-0.4, -0.2) is 38.1 Å². The Kier molecular flexibility index (Phi) is 5.08. The smallest absolute Gasteiger partial charge is 0.186 e. The van der Waals surface area contributed by atoms with Gasteiger partial charge in [-0.25, -0.2) is 4.98 Å². The highest BCUT2D eigenvalue weighted by molar-refractivity contribution is 7.17. The van der Waals surface area contributed by atoms with Gasteiger partial charge >= 0.3 is 0 Å². The molecule has 0 aliphatic carbocycles. The van der Waals surface area contributed by atoms with Crippen molar-refractivity contribution in [3.8, 4) is 0 Å². The predicted octanol–water partition coefficient (Wildman–Crippen LogP) is 2.55. The molecule has 1 aromatic rings. The molecule has 4 nitrogen and oxygen atoms in total. The van der Waals surface area contributed by atoms with E-state index in [1.54, 1.807) is 7.11 Å². The molecule has 0 saturated carbocycles. The Bertz CT molecular complexity index is 377. The van der Waals surface area contributed by atoms with Crippen LogP contribution in [0.5, 0.6) is 0 Å². The fraction of sp³-hybridized carbons (Fsp3) is 0.667. The fourth-order valence-electron chi connectivity index (χ4n) is 1.52. The van der Waals surface area contributed by atoms with Crippen molar-refractivity contribution in [3.63, 3.8) is 0 Å². The molecule has 17 heavy (non-hydrogen) atoms. The number of aromatic nitrogens is 1. The molecule has 0 N–H and O–H groups in total. The zero-order valence-corrected chi connectivity index (χ0v) is 11.9. The van der Waals surface area contributed by atoms with E-state index in [0.29, 0.717) is 6.61 Å². The summed E-state index contributed by atoms with van der Waals surface area (Å²) in [6.45, 7) is 6.80. The second-order valence-electron chi connectivity index (χ2n) is 4.43. The van der Waals surface area contributed by atoms with Crippen LogP contribution >= 0.6 is 11.3 Å². The summed E-state index contributed by atoms with van der Waals surface area (Å²) < 4.78 is 5.12. The maximum Gasteiger partial charge on any atom is 0.186 e. The van der Waals surface area contributed by atoms with E-state index >= 15 is 0 Å². The second kappa shape index (κ2) is 6.12. The summed E-state index contributed by atoms with van der Waals surface area (Å²) in [6.07, 6.45) is 0.894. The summed E-state index contributed by atoms with van der Waals surface area (Å²) in [5, 5.41) is 0.875.